The van der Waals surface area contributed by atoms with Crippen LogP contribution in [0.3, 0.4) is 0 Å². The summed E-state index contributed by atoms with van der Waals surface area (Å²) in [6.45, 7) is 2.43. The molecule has 162 valence electrons. The summed E-state index contributed by atoms with van der Waals surface area (Å²) in [5, 5.41) is 6.81. The van der Waals surface area contributed by atoms with Crippen LogP contribution in [0.25, 0.3) is 11.5 Å². The fourth-order valence-corrected chi connectivity index (χ4v) is 3.71. The standard InChI is InChI=1S/C20H19N3O7S/c1-11-12(2)31-18(16(11)19(26)28-3)21-14(24)10-29-15(25)9-23-20(27)30-17(22-23)13-7-5-4-6-8-13/h4-8H,9-10H2,1-3H3,(H,21,24). The molecule has 0 bridgehead atoms. The molecule has 0 aliphatic carbocycles. The molecule has 0 atom stereocenters. The number of benzene rings is 1. The molecule has 0 saturated carbocycles. The number of esters is 2. The molecule has 1 aromatic carbocycles. The number of hydrogen-bond donors (Lipinski definition) is 1. The van der Waals surface area contributed by atoms with Crippen molar-refractivity contribution >= 4 is 34.2 Å². The molecule has 0 fully saturated rings. The molecule has 0 spiro atoms. The zero-order valence-electron chi connectivity index (χ0n) is 17.0. The van der Waals surface area contributed by atoms with Gasteiger partial charge in [0.05, 0.1) is 12.7 Å². The minimum Gasteiger partial charge on any atom is -0.465 e. The molecule has 0 saturated heterocycles. The normalized spacial score (nSPS) is 10.5. The van der Waals surface area contributed by atoms with Gasteiger partial charge in [-0.1, -0.05) is 18.2 Å². The summed E-state index contributed by atoms with van der Waals surface area (Å²) >= 11 is 1.21. The number of hydrogen-bond acceptors (Lipinski definition) is 9. The van der Waals surface area contributed by atoms with Crippen molar-refractivity contribution in [2.24, 2.45) is 0 Å². The molecule has 0 radical (unpaired) electrons. The molecule has 1 amide bonds. The van der Waals surface area contributed by atoms with Gasteiger partial charge in [-0.15, -0.1) is 16.4 Å². The number of amides is 1. The third-order valence-electron chi connectivity index (χ3n) is 4.30. The van der Waals surface area contributed by atoms with Gasteiger partial charge in [0.2, 0.25) is 5.89 Å². The first-order valence-electron chi connectivity index (χ1n) is 9.07. The Kier molecular flexibility index (Phi) is 6.65. The minimum absolute atomic E-state index is 0.0647. The van der Waals surface area contributed by atoms with Crippen LogP contribution in [0.4, 0.5) is 5.00 Å². The molecular formula is C20H19N3O7S. The Bertz CT molecular complexity index is 1180. The Hall–Kier alpha value is -3.73. The van der Waals surface area contributed by atoms with Crippen molar-refractivity contribution in [2.75, 3.05) is 19.0 Å². The van der Waals surface area contributed by atoms with Crippen molar-refractivity contribution in [1.29, 1.82) is 0 Å². The number of ether oxygens (including phenoxy) is 2. The van der Waals surface area contributed by atoms with E-state index in [9.17, 15) is 19.2 Å². The van der Waals surface area contributed by atoms with E-state index in [2.05, 4.69) is 10.4 Å². The van der Waals surface area contributed by atoms with Crippen LogP contribution in [-0.2, 0) is 25.6 Å². The highest BCUT2D eigenvalue weighted by atomic mass is 32.1. The summed E-state index contributed by atoms with van der Waals surface area (Å²) in [5.74, 6) is -2.83. The topological polar surface area (TPSA) is 130 Å². The maximum absolute atomic E-state index is 12.2. The van der Waals surface area contributed by atoms with Crippen LogP contribution in [0, 0.1) is 13.8 Å². The van der Waals surface area contributed by atoms with Crippen LogP contribution >= 0.6 is 11.3 Å². The van der Waals surface area contributed by atoms with Gasteiger partial charge in [0.25, 0.3) is 5.91 Å². The molecule has 3 rings (SSSR count). The Morgan fingerprint density at radius 2 is 1.90 bits per heavy atom. The highest BCUT2D eigenvalue weighted by molar-refractivity contribution is 7.16. The number of carbonyl (C=O) groups excluding carboxylic acids is 3. The summed E-state index contributed by atoms with van der Waals surface area (Å²) in [5.41, 5.74) is 1.53. The molecular weight excluding hydrogens is 426 g/mol. The first-order valence-corrected chi connectivity index (χ1v) is 9.89. The summed E-state index contributed by atoms with van der Waals surface area (Å²) in [4.78, 5) is 48.9. The lowest BCUT2D eigenvalue weighted by molar-refractivity contribution is -0.148. The van der Waals surface area contributed by atoms with Gasteiger partial charge in [0.15, 0.2) is 6.61 Å². The molecule has 3 aromatic rings. The smallest absolute Gasteiger partial charge is 0.437 e. The van der Waals surface area contributed by atoms with Crippen molar-refractivity contribution in [3.63, 3.8) is 0 Å². The fourth-order valence-electron chi connectivity index (χ4n) is 2.64. The molecule has 2 heterocycles. The van der Waals surface area contributed by atoms with E-state index in [0.717, 1.165) is 9.56 Å². The first-order chi connectivity index (χ1) is 14.8. The lowest BCUT2D eigenvalue weighted by Gasteiger charge is -2.07. The van der Waals surface area contributed by atoms with Crippen molar-refractivity contribution in [3.05, 3.63) is 56.9 Å². The number of methoxy groups -OCH3 is 1. The Morgan fingerprint density at radius 3 is 2.58 bits per heavy atom. The van der Waals surface area contributed by atoms with E-state index < -0.39 is 36.8 Å². The van der Waals surface area contributed by atoms with Gasteiger partial charge in [-0.3, -0.25) is 9.59 Å². The van der Waals surface area contributed by atoms with Crippen molar-refractivity contribution < 1.29 is 28.3 Å². The average molecular weight is 445 g/mol. The van der Waals surface area contributed by atoms with Gasteiger partial charge in [-0.25, -0.2) is 9.59 Å². The SMILES string of the molecule is COC(=O)c1c(NC(=O)COC(=O)Cn2nc(-c3ccccc3)oc2=O)sc(C)c1C. The van der Waals surface area contributed by atoms with Crippen LogP contribution in [0.1, 0.15) is 20.8 Å². The number of aromatic nitrogens is 2. The largest absolute Gasteiger partial charge is 0.465 e. The molecule has 10 nitrogen and oxygen atoms in total. The third kappa shape index (κ3) is 5.07. The molecule has 1 N–H and O–H groups in total. The van der Waals surface area contributed by atoms with E-state index in [-0.39, 0.29) is 11.5 Å². The van der Waals surface area contributed by atoms with Gasteiger partial charge < -0.3 is 19.2 Å². The van der Waals surface area contributed by atoms with E-state index in [1.165, 1.54) is 18.4 Å². The zero-order valence-corrected chi connectivity index (χ0v) is 17.8. The summed E-state index contributed by atoms with van der Waals surface area (Å²) in [6, 6.07) is 8.71. The maximum Gasteiger partial charge on any atom is 0.437 e. The zero-order chi connectivity index (χ0) is 22.5. The number of nitrogens with zero attached hydrogens (tertiary/aromatic N) is 2. The van der Waals surface area contributed by atoms with Gasteiger partial charge >= 0.3 is 17.7 Å². The van der Waals surface area contributed by atoms with Crippen LogP contribution in [0.2, 0.25) is 0 Å². The quantitative estimate of drug-likeness (QED) is 0.548. The lowest BCUT2D eigenvalue weighted by atomic mass is 10.1. The highest BCUT2D eigenvalue weighted by Crippen LogP contribution is 2.32. The van der Waals surface area contributed by atoms with Crippen LogP contribution in [0.5, 0.6) is 0 Å². The predicted molar refractivity (Wildman–Crippen MR) is 111 cm³/mol. The monoisotopic (exact) mass is 445 g/mol. The Balaban J connectivity index is 1.59. The average Bonchev–Trinajstić information content (AvgIpc) is 3.25. The Labute approximate surface area is 180 Å². The minimum atomic E-state index is -0.850. The number of nitrogens with one attached hydrogen (secondary N) is 1. The number of rotatable bonds is 7. The molecule has 2 aromatic heterocycles. The first kappa shape index (κ1) is 22.0. The van der Waals surface area contributed by atoms with Gasteiger partial charge in [0.1, 0.15) is 11.5 Å². The van der Waals surface area contributed by atoms with Gasteiger partial charge in [0, 0.05) is 10.4 Å². The maximum atomic E-state index is 12.2. The molecule has 0 aliphatic heterocycles. The van der Waals surface area contributed by atoms with Crippen LogP contribution < -0.4 is 11.1 Å². The molecule has 31 heavy (non-hydrogen) atoms. The van der Waals surface area contributed by atoms with E-state index in [0.29, 0.717) is 16.1 Å². The number of aryl methyl sites for hydroxylation is 1. The number of anilines is 1. The van der Waals surface area contributed by atoms with E-state index in [1.807, 2.05) is 6.92 Å². The number of thiophene rings is 1. The van der Waals surface area contributed by atoms with Crippen LogP contribution in [-0.4, -0.2) is 41.3 Å². The second kappa shape index (κ2) is 9.39. The van der Waals surface area contributed by atoms with E-state index in [1.54, 1.807) is 37.3 Å². The summed E-state index contributed by atoms with van der Waals surface area (Å²) < 4.78 is 15.5. The highest BCUT2D eigenvalue weighted by Gasteiger charge is 2.22. The van der Waals surface area contributed by atoms with Gasteiger partial charge in [-0.05, 0) is 31.5 Å². The molecule has 11 heteroatoms. The fraction of sp³-hybridized carbons (Fsp3) is 0.250. The number of carbonyl (C=O) groups is 3. The second-order valence-electron chi connectivity index (χ2n) is 6.38. The van der Waals surface area contributed by atoms with Crippen molar-refractivity contribution in [2.45, 2.75) is 20.4 Å². The lowest BCUT2D eigenvalue weighted by Crippen LogP contribution is -2.26. The second-order valence-corrected chi connectivity index (χ2v) is 7.61. The van der Waals surface area contributed by atoms with Crippen molar-refractivity contribution in [3.8, 4) is 11.5 Å². The van der Waals surface area contributed by atoms with Crippen LogP contribution in [0.15, 0.2) is 39.5 Å². The summed E-state index contributed by atoms with van der Waals surface area (Å²) in [7, 11) is 1.25. The Morgan fingerprint density at radius 1 is 1.19 bits per heavy atom. The molecule has 0 aliphatic rings. The van der Waals surface area contributed by atoms with E-state index >= 15 is 0 Å². The molecule has 0 unspecified atom stereocenters. The van der Waals surface area contributed by atoms with E-state index in [4.69, 9.17) is 13.9 Å². The predicted octanol–water partition coefficient (Wildman–Crippen LogP) is 2.15. The third-order valence-corrected chi connectivity index (χ3v) is 5.42. The summed E-state index contributed by atoms with van der Waals surface area (Å²) in [6.07, 6.45) is 0. The van der Waals surface area contributed by atoms with Crippen molar-refractivity contribution in [1.82, 2.24) is 9.78 Å². The van der Waals surface area contributed by atoms with Gasteiger partial charge in [-0.2, -0.15) is 4.68 Å².